The van der Waals surface area contributed by atoms with Gasteiger partial charge in [-0.1, -0.05) is 297 Å². The van der Waals surface area contributed by atoms with E-state index in [1.807, 2.05) is 36.5 Å². The van der Waals surface area contributed by atoms with E-state index in [1.165, 1.54) is 19.3 Å². The van der Waals surface area contributed by atoms with Gasteiger partial charge in [-0.25, -0.2) is 9.13 Å². The van der Waals surface area contributed by atoms with Crippen molar-refractivity contribution in [2.24, 2.45) is 0 Å². The van der Waals surface area contributed by atoms with Gasteiger partial charge in [0.05, 0.1) is 26.4 Å². The van der Waals surface area contributed by atoms with Crippen molar-refractivity contribution in [1.82, 2.24) is 0 Å². The lowest BCUT2D eigenvalue weighted by molar-refractivity contribution is -0.161. The second-order valence-corrected chi connectivity index (χ2v) is 29.5. The van der Waals surface area contributed by atoms with E-state index in [0.29, 0.717) is 38.5 Å². The topological polar surface area (TPSA) is 237 Å². The van der Waals surface area contributed by atoms with E-state index >= 15 is 0 Å². The highest BCUT2D eigenvalue weighted by Gasteiger charge is 2.30. The number of hydrogen-bond donors (Lipinski definition) is 3. The number of carbonyl (C=O) groups excluding carboxylic acids is 4. The first-order chi connectivity index (χ1) is 54.7. The molecule has 112 heavy (non-hydrogen) atoms. The Morgan fingerprint density at radius 2 is 0.482 bits per heavy atom. The molecule has 628 valence electrons. The first-order valence-corrected chi connectivity index (χ1v) is 44.6. The zero-order valence-electron chi connectivity index (χ0n) is 68.7. The molecule has 0 rings (SSSR count). The predicted octanol–water partition coefficient (Wildman–Crippen LogP) is 25.0. The Labute approximate surface area is 676 Å². The maximum atomic E-state index is 13.1. The maximum Gasteiger partial charge on any atom is 0.472 e. The van der Waals surface area contributed by atoms with Crippen LogP contribution in [0.5, 0.6) is 0 Å². The maximum absolute atomic E-state index is 13.1. The molecule has 0 aromatic rings. The van der Waals surface area contributed by atoms with Crippen LogP contribution in [0, 0.1) is 0 Å². The molecule has 0 amide bonds. The molecule has 5 atom stereocenters. The van der Waals surface area contributed by atoms with E-state index in [2.05, 4.69) is 222 Å². The Bertz CT molecular complexity index is 3040. The summed E-state index contributed by atoms with van der Waals surface area (Å²) in [7, 11) is -10.1. The van der Waals surface area contributed by atoms with Crippen LogP contribution >= 0.6 is 15.6 Å². The highest BCUT2D eigenvalue weighted by molar-refractivity contribution is 7.47. The zero-order valence-corrected chi connectivity index (χ0v) is 70.5. The molecule has 0 aliphatic rings. The van der Waals surface area contributed by atoms with Gasteiger partial charge in [-0.2, -0.15) is 0 Å². The van der Waals surface area contributed by atoms with Crippen LogP contribution in [-0.2, 0) is 65.4 Å². The van der Waals surface area contributed by atoms with Crippen LogP contribution in [-0.4, -0.2) is 96.7 Å². The summed E-state index contributed by atoms with van der Waals surface area (Å²) in [5.74, 6) is -2.45. The number of allylic oxidation sites excluding steroid dienone is 38. The first kappa shape index (κ1) is 105. The Kier molecular flexibility index (Phi) is 77.1. The van der Waals surface area contributed by atoms with Crippen LogP contribution in [0.1, 0.15) is 272 Å². The smallest absolute Gasteiger partial charge is 0.462 e. The molecular formula is C93H144O17P2. The van der Waals surface area contributed by atoms with Gasteiger partial charge in [0.2, 0.25) is 0 Å². The van der Waals surface area contributed by atoms with E-state index in [-0.39, 0.29) is 25.7 Å². The van der Waals surface area contributed by atoms with Crippen molar-refractivity contribution in [3.8, 4) is 0 Å². The summed E-state index contributed by atoms with van der Waals surface area (Å²) in [5.41, 5.74) is 0. The molecule has 0 aliphatic carbocycles. The number of hydrogen-bond acceptors (Lipinski definition) is 15. The normalized spacial score (nSPS) is 15.0. The number of phosphoric acid groups is 2. The Morgan fingerprint density at radius 1 is 0.259 bits per heavy atom. The quantitative estimate of drug-likeness (QED) is 0.0169. The minimum Gasteiger partial charge on any atom is -0.462 e. The number of aliphatic hydroxyl groups excluding tert-OH is 1. The third kappa shape index (κ3) is 81.1. The molecule has 0 saturated heterocycles. The fourth-order valence-corrected chi connectivity index (χ4v) is 11.5. The largest absolute Gasteiger partial charge is 0.472 e. The van der Waals surface area contributed by atoms with E-state index in [0.717, 1.165) is 161 Å². The average molecular weight is 1600 g/mol. The summed E-state index contributed by atoms with van der Waals surface area (Å²) in [4.78, 5) is 73.2. The van der Waals surface area contributed by atoms with Crippen molar-refractivity contribution in [2.75, 3.05) is 39.6 Å². The van der Waals surface area contributed by atoms with Gasteiger partial charge < -0.3 is 33.8 Å². The second-order valence-electron chi connectivity index (χ2n) is 26.6. The number of esters is 4. The molecule has 0 aromatic carbocycles. The molecule has 19 heteroatoms. The van der Waals surface area contributed by atoms with Crippen molar-refractivity contribution >= 4 is 39.5 Å². The van der Waals surface area contributed by atoms with Crippen LogP contribution in [0.25, 0.3) is 0 Å². The summed E-state index contributed by atoms with van der Waals surface area (Å²) < 4.78 is 68.5. The zero-order chi connectivity index (χ0) is 81.7. The number of ether oxygens (including phenoxy) is 4. The molecule has 0 fully saturated rings. The Balaban J connectivity index is 5.59. The van der Waals surface area contributed by atoms with Crippen LogP contribution in [0.3, 0.4) is 0 Å². The number of rotatable bonds is 75. The molecule has 0 aliphatic heterocycles. The van der Waals surface area contributed by atoms with Crippen LogP contribution < -0.4 is 0 Å². The molecule has 0 heterocycles. The van der Waals surface area contributed by atoms with Crippen LogP contribution in [0.15, 0.2) is 231 Å². The lowest BCUT2D eigenvalue weighted by Crippen LogP contribution is -2.30. The van der Waals surface area contributed by atoms with E-state index in [1.54, 1.807) is 0 Å². The van der Waals surface area contributed by atoms with Gasteiger partial charge in [-0.05, 0) is 180 Å². The van der Waals surface area contributed by atoms with E-state index < -0.39 is 97.5 Å². The van der Waals surface area contributed by atoms with Gasteiger partial charge in [-0.3, -0.25) is 37.3 Å². The third-order valence-electron chi connectivity index (χ3n) is 16.1. The molecule has 0 radical (unpaired) electrons. The lowest BCUT2D eigenvalue weighted by atomic mass is 10.1. The number of phosphoric ester groups is 2. The molecule has 0 spiro atoms. The molecule has 17 nitrogen and oxygen atoms in total. The summed E-state index contributed by atoms with van der Waals surface area (Å²) in [6.45, 7) is 4.24. The Hall–Kier alpha value is -6.88. The SMILES string of the molecule is CC/C=C\C/C=C\C/C=C\C/C=C\C/C=C\C/C=C\CCC(=O)OC[C@H](COP(=O)(O)OC[C@@H](O)COP(=O)(O)OC[C@@H](COC(=O)CCCCC/C=C\C/C=C\C/C=C\C/C=C\C/C=C\CC)OC(=O)CC/C=C\C/C=C\C/C=C\C/C=C\C/C=C\C/C=C\CC)OC(=O)CCCCCCC/C=C\C/C=C\CCCCC. The number of unbranched alkanes of at least 4 members (excludes halogenated alkanes) is 11. The van der Waals surface area contributed by atoms with Gasteiger partial charge in [-0.15, -0.1) is 0 Å². The minimum atomic E-state index is -5.03. The molecular weight excluding hydrogens is 1450 g/mol. The first-order valence-electron chi connectivity index (χ1n) is 41.6. The standard InChI is InChI=1S/C93H144O17P2/c1-5-9-13-17-21-25-29-33-37-40-43-46-50-53-57-61-65-69-73-77-90(95)103-83-88(109-92(97)79-75-71-67-63-59-55-49-36-32-28-24-20-16-12-8-4)85-107-111(99,100)105-81-87(94)82-106-112(101,102)108-86-89(110-93(98)80-76-72-68-64-60-56-52-48-45-42-39-35-31-27-23-19-15-11-7-3)84-104-91(96)78-74-70-66-62-58-54-51-47-44-41-38-34-30-26-22-18-14-10-6-2/h9-11,13-15,21-28,33-39,43-49,53-54,56-58,60,65,68-69,72,87-89,94H,5-8,12,16-20,29-32,40-42,50-52,55,59,61-64,66-67,70-71,73-86H2,1-4H3,(H,99,100)(H,101,102)/b13-9-,14-10-,15-11-,25-21-,26-22-,27-23-,28-24-,37-33-,38-34-,39-35-,46-43-,47-44-,48-45-,49-36-,57-53-,58-54-,60-56-,69-65-,72-68-/t87-,88-,89-/m1/s1. The van der Waals surface area contributed by atoms with Gasteiger partial charge in [0.15, 0.2) is 12.2 Å². The summed E-state index contributed by atoms with van der Waals surface area (Å²) >= 11 is 0. The summed E-state index contributed by atoms with van der Waals surface area (Å²) in [6.07, 6.45) is 106. The molecule has 0 saturated carbocycles. The number of carbonyl (C=O) groups is 4. The number of aliphatic hydroxyl groups is 1. The predicted molar refractivity (Wildman–Crippen MR) is 463 cm³/mol. The van der Waals surface area contributed by atoms with E-state index in [4.69, 9.17) is 37.0 Å². The molecule has 2 unspecified atom stereocenters. The molecule has 3 N–H and O–H groups in total. The molecule has 0 bridgehead atoms. The lowest BCUT2D eigenvalue weighted by Gasteiger charge is -2.21. The van der Waals surface area contributed by atoms with Gasteiger partial charge in [0.1, 0.15) is 19.3 Å². The van der Waals surface area contributed by atoms with Crippen molar-refractivity contribution in [1.29, 1.82) is 0 Å². The van der Waals surface area contributed by atoms with Crippen LogP contribution in [0.2, 0.25) is 0 Å². The molecule has 0 aromatic heterocycles. The highest BCUT2D eigenvalue weighted by Crippen LogP contribution is 2.45. The monoisotopic (exact) mass is 1590 g/mol. The fraction of sp³-hybridized carbons (Fsp3) is 0.548. The van der Waals surface area contributed by atoms with Crippen molar-refractivity contribution < 1.29 is 80.2 Å². The fourth-order valence-electron chi connectivity index (χ4n) is 9.92. The van der Waals surface area contributed by atoms with Crippen LogP contribution in [0.4, 0.5) is 0 Å². The van der Waals surface area contributed by atoms with Crippen molar-refractivity contribution in [3.63, 3.8) is 0 Å². The van der Waals surface area contributed by atoms with Crippen molar-refractivity contribution in [2.45, 2.75) is 290 Å². The van der Waals surface area contributed by atoms with Gasteiger partial charge in [0, 0.05) is 25.7 Å². The van der Waals surface area contributed by atoms with Gasteiger partial charge >= 0.3 is 39.5 Å². The average Bonchev–Trinajstić information content (AvgIpc) is 0.898. The minimum absolute atomic E-state index is 0.0213. The highest BCUT2D eigenvalue weighted by atomic mass is 31.2. The van der Waals surface area contributed by atoms with E-state index in [9.17, 15) is 43.2 Å². The van der Waals surface area contributed by atoms with Crippen molar-refractivity contribution in [3.05, 3.63) is 231 Å². The summed E-state index contributed by atoms with van der Waals surface area (Å²) in [6, 6.07) is 0. The van der Waals surface area contributed by atoms with Gasteiger partial charge in [0.25, 0.3) is 0 Å². The Morgan fingerprint density at radius 3 is 0.795 bits per heavy atom. The summed E-state index contributed by atoms with van der Waals surface area (Å²) in [5, 5.41) is 10.7. The third-order valence-corrected chi connectivity index (χ3v) is 18.0. The second kappa shape index (κ2) is 82.1.